The third kappa shape index (κ3) is 5.96. The van der Waals surface area contributed by atoms with Crippen LogP contribution in [-0.2, 0) is 4.79 Å². The van der Waals surface area contributed by atoms with E-state index >= 15 is 0 Å². The number of carbonyl (C=O) groups excluding carboxylic acids is 2. The summed E-state index contributed by atoms with van der Waals surface area (Å²) in [4.78, 5) is 46.2. The van der Waals surface area contributed by atoms with Gasteiger partial charge in [-0.2, -0.15) is 0 Å². The highest BCUT2D eigenvalue weighted by Crippen LogP contribution is 2.45. The molecule has 1 aliphatic rings. The van der Waals surface area contributed by atoms with E-state index in [2.05, 4.69) is 5.43 Å². The molecule has 8 nitrogen and oxygen atoms in total. The third-order valence-corrected chi connectivity index (χ3v) is 9.20. The van der Waals surface area contributed by atoms with Gasteiger partial charge < -0.3 is 5.11 Å². The molecule has 0 saturated carbocycles. The zero-order chi connectivity index (χ0) is 33.4. The number of rotatable bonds is 6. The maximum atomic E-state index is 13.8. The first-order valence-electron chi connectivity index (χ1n) is 15.0. The SMILES string of the molecule is Cc1ccc(-c2nc3ccccc3c(=O)n2-c2ccc(C(=O)NN3C(=O)/C(=C/c4ccc(F)cc4)SC3c3ccc(O)cc3)cc2)cc1. The quantitative estimate of drug-likeness (QED) is 0.185. The largest absolute Gasteiger partial charge is 0.508 e. The molecule has 48 heavy (non-hydrogen) atoms. The first kappa shape index (κ1) is 30.6. The van der Waals surface area contributed by atoms with Crippen LogP contribution in [0.25, 0.3) is 34.1 Å². The van der Waals surface area contributed by atoms with Crippen LogP contribution in [-0.4, -0.2) is 31.5 Å². The molecular formula is C38H27FN4O4S. The number of nitrogens with one attached hydrogen (secondary N) is 1. The second-order valence-electron chi connectivity index (χ2n) is 11.2. The molecule has 6 aromatic rings. The molecule has 0 aliphatic carbocycles. The molecular weight excluding hydrogens is 628 g/mol. The molecule has 1 fully saturated rings. The summed E-state index contributed by atoms with van der Waals surface area (Å²) in [5, 5.41) is 10.9. The van der Waals surface area contributed by atoms with Crippen LogP contribution < -0.4 is 11.0 Å². The van der Waals surface area contributed by atoms with E-state index in [1.54, 1.807) is 72.8 Å². The number of fused-ring (bicyclic) bond motifs is 1. The summed E-state index contributed by atoms with van der Waals surface area (Å²) >= 11 is 1.23. The summed E-state index contributed by atoms with van der Waals surface area (Å²) < 4.78 is 15.0. The first-order valence-corrected chi connectivity index (χ1v) is 15.9. The number of aromatic nitrogens is 2. The lowest BCUT2D eigenvalue weighted by molar-refractivity contribution is -0.128. The Hall–Kier alpha value is -6.00. The van der Waals surface area contributed by atoms with E-state index in [9.17, 15) is 23.9 Å². The summed E-state index contributed by atoms with van der Waals surface area (Å²) in [6.45, 7) is 1.98. The number of thioether (sulfide) groups is 1. The van der Waals surface area contributed by atoms with Crippen LogP contribution in [0.15, 0.2) is 131 Å². The number of phenols is 1. The van der Waals surface area contributed by atoms with Crippen molar-refractivity contribution in [2.75, 3.05) is 0 Å². The third-order valence-electron chi connectivity index (χ3n) is 7.94. The predicted octanol–water partition coefficient (Wildman–Crippen LogP) is 7.17. The first-order chi connectivity index (χ1) is 23.2. The van der Waals surface area contributed by atoms with Crippen LogP contribution >= 0.6 is 11.8 Å². The van der Waals surface area contributed by atoms with Crippen molar-refractivity contribution >= 4 is 40.6 Å². The summed E-state index contributed by atoms with van der Waals surface area (Å²) in [6.07, 6.45) is 1.64. The maximum Gasteiger partial charge on any atom is 0.280 e. The van der Waals surface area contributed by atoms with E-state index in [4.69, 9.17) is 4.98 Å². The van der Waals surface area contributed by atoms with Gasteiger partial charge in [-0.25, -0.2) is 14.4 Å². The number of halogens is 1. The van der Waals surface area contributed by atoms with E-state index in [0.717, 1.165) is 11.1 Å². The van der Waals surface area contributed by atoms with Gasteiger partial charge in [0.05, 0.1) is 21.5 Å². The Labute approximate surface area is 278 Å². The number of hydrogen-bond donors (Lipinski definition) is 2. The van der Waals surface area contributed by atoms with Gasteiger partial charge in [0.2, 0.25) is 0 Å². The molecule has 1 aliphatic heterocycles. The van der Waals surface area contributed by atoms with Gasteiger partial charge in [0.1, 0.15) is 22.8 Å². The minimum absolute atomic E-state index is 0.0667. The topological polar surface area (TPSA) is 105 Å². The van der Waals surface area contributed by atoms with Crippen molar-refractivity contribution in [2.24, 2.45) is 0 Å². The molecule has 0 spiro atoms. The van der Waals surface area contributed by atoms with Crippen molar-refractivity contribution in [1.29, 1.82) is 0 Å². The lowest BCUT2D eigenvalue weighted by atomic mass is 10.1. The Morgan fingerprint density at radius 2 is 1.56 bits per heavy atom. The second-order valence-corrected chi connectivity index (χ2v) is 12.4. The van der Waals surface area contributed by atoms with E-state index in [-0.39, 0.29) is 16.9 Å². The van der Waals surface area contributed by atoms with Gasteiger partial charge in [0.25, 0.3) is 17.4 Å². The molecule has 10 heteroatoms. The van der Waals surface area contributed by atoms with Crippen LogP contribution in [0.2, 0.25) is 0 Å². The van der Waals surface area contributed by atoms with Crippen molar-refractivity contribution in [2.45, 2.75) is 12.3 Å². The van der Waals surface area contributed by atoms with E-state index in [0.29, 0.717) is 38.4 Å². The summed E-state index contributed by atoms with van der Waals surface area (Å²) in [6, 6.07) is 33.5. The summed E-state index contributed by atoms with van der Waals surface area (Å²) in [7, 11) is 0. The fourth-order valence-corrected chi connectivity index (χ4v) is 6.62. The molecule has 5 aromatic carbocycles. The molecule has 0 bridgehead atoms. The number of nitrogens with zero attached hydrogens (tertiary/aromatic N) is 3. The minimum atomic E-state index is -0.632. The van der Waals surface area contributed by atoms with Gasteiger partial charge in [-0.1, -0.05) is 78.0 Å². The molecule has 236 valence electrons. The van der Waals surface area contributed by atoms with Gasteiger partial charge in [-0.15, -0.1) is 0 Å². The Balaban J connectivity index is 1.21. The van der Waals surface area contributed by atoms with Gasteiger partial charge >= 0.3 is 0 Å². The number of para-hydroxylation sites is 1. The highest BCUT2D eigenvalue weighted by molar-refractivity contribution is 8.04. The van der Waals surface area contributed by atoms with Gasteiger partial charge in [-0.05, 0) is 84.8 Å². The number of carbonyl (C=O) groups is 2. The van der Waals surface area contributed by atoms with Crippen molar-refractivity contribution < 1.29 is 19.1 Å². The number of hydrogen-bond acceptors (Lipinski definition) is 6. The van der Waals surface area contributed by atoms with Crippen molar-refractivity contribution in [3.05, 3.63) is 165 Å². The van der Waals surface area contributed by atoms with Crippen LogP contribution in [0.3, 0.4) is 0 Å². The average molecular weight is 655 g/mol. The molecule has 1 aromatic heterocycles. The summed E-state index contributed by atoms with van der Waals surface area (Å²) in [5.41, 5.74) is 7.00. The Morgan fingerprint density at radius 1 is 0.875 bits per heavy atom. The minimum Gasteiger partial charge on any atom is -0.508 e. The number of aryl methyl sites for hydroxylation is 1. The van der Waals surface area contributed by atoms with Crippen molar-refractivity contribution in [3.8, 4) is 22.8 Å². The molecule has 2 N–H and O–H groups in total. The smallest absolute Gasteiger partial charge is 0.280 e. The van der Waals surface area contributed by atoms with Crippen molar-refractivity contribution in [3.63, 3.8) is 0 Å². The van der Waals surface area contributed by atoms with Gasteiger partial charge in [0.15, 0.2) is 0 Å². The lowest BCUT2D eigenvalue weighted by Crippen LogP contribution is -2.44. The highest BCUT2D eigenvalue weighted by atomic mass is 32.2. The van der Waals surface area contributed by atoms with E-state index < -0.39 is 23.0 Å². The maximum absolute atomic E-state index is 13.8. The van der Waals surface area contributed by atoms with E-state index in [1.165, 1.54) is 45.6 Å². The molecule has 2 heterocycles. The average Bonchev–Trinajstić information content (AvgIpc) is 3.40. The Kier molecular flexibility index (Phi) is 8.08. The number of hydrazine groups is 1. The highest BCUT2D eigenvalue weighted by Gasteiger charge is 2.38. The van der Waals surface area contributed by atoms with Crippen molar-refractivity contribution in [1.82, 2.24) is 20.0 Å². The lowest BCUT2D eigenvalue weighted by Gasteiger charge is -2.24. The standard InChI is InChI=1S/C38H27FN4O4S/c1-23-6-10-25(11-7-23)34-40-32-5-3-2-4-31(32)36(46)42(34)29-18-12-26(13-19-29)35(45)41-43-37(47)33(22-24-8-16-28(39)17-9-24)48-38(43)27-14-20-30(44)21-15-27/h2-22,38,44H,1H3,(H,41,45)/b33-22-. The number of aromatic hydroxyl groups is 1. The fourth-order valence-electron chi connectivity index (χ4n) is 5.42. The number of amides is 2. The molecule has 1 atom stereocenters. The molecule has 1 saturated heterocycles. The van der Waals surface area contributed by atoms with Gasteiger partial charge in [0, 0.05) is 11.1 Å². The van der Waals surface area contributed by atoms with E-state index in [1.807, 2.05) is 37.3 Å². The summed E-state index contributed by atoms with van der Waals surface area (Å²) in [5.74, 6) is -0.837. The zero-order valence-electron chi connectivity index (χ0n) is 25.5. The zero-order valence-corrected chi connectivity index (χ0v) is 26.3. The van der Waals surface area contributed by atoms with Crippen LogP contribution in [0, 0.1) is 12.7 Å². The van der Waals surface area contributed by atoms with Crippen LogP contribution in [0.1, 0.15) is 32.4 Å². The number of benzene rings is 5. The predicted molar refractivity (Wildman–Crippen MR) is 185 cm³/mol. The van der Waals surface area contributed by atoms with Crippen LogP contribution in [0.5, 0.6) is 5.75 Å². The normalized spacial score (nSPS) is 15.3. The Bertz CT molecular complexity index is 2270. The molecule has 0 radical (unpaired) electrons. The molecule has 2 amide bonds. The number of phenolic OH excluding ortho intramolecular Hbond substituents is 1. The fraction of sp³-hybridized carbons (Fsp3) is 0.0526. The Morgan fingerprint density at radius 3 is 2.27 bits per heavy atom. The van der Waals surface area contributed by atoms with Gasteiger partial charge in [-0.3, -0.25) is 24.4 Å². The molecule has 1 unspecified atom stereocenters. The van der Waals surface area contributed by atoms with Crippen LogP contribution in [0.4, 0.5) is 4.39 Å². The monoisotopic (exact) mass is 654 g/mol. The molecule has 7 rings (SSSR count). The second kappa shape index (κ2) is 12.7.